The van der Waals surface area contributed by atoms with Crippen molar-refractivity contribution >= 4 is 35.4 Å². The number of likely N-dealkylation sites (tertiary alicyclic amines) is 1. The minimum absolute atomic E-state index is 0.0445. The lowest BCUT2D eigenvalue weighted by Crippen LogP contribution is -2.68. The Kier molecular flexibility index (Phi) is 14.6. The van der Waals surface area contributed by atoms with Gasteiger partial charge < -0.3 is 60.6 Å². The minimum Gasteiger partial charge on any atom is -0.394 e. The summed E-state index contributed by atoms with van der Waals surface area (Å²) in [6, 6.07) is -0.946. The molecule has 3 aliphatic rings. The second kappa shape index (κ2) is 17.9. The zero-order chi connectivity index (χ0) is 35.7. The molecule has 0 bridgehead atoms. The van der Waals surface area contributed by atoms with Gasteiger partial charge in [0.15, 0.2) is 12.4 Å². The standard InChI is InChI=1S/C29H47N5O14/c1-13-20(33-14(2)36)24(21(40)16(12-35)46-13)47-29-23(42)22(41)25(45-4)26(48-29)27(43)32-8-5-7-31-17(37)6-9-34-19(39)11-15(28(34)44)10-18(38)30-3/h13,15-16,20-26,29,35,40-42H,5-12H2,1-4H3,(H,30,38)(H,31,37)(H,32,43)(H,33,36)/t13-,15?,16?,20?,21+,22+,23?,24+,25-,26?,29+/m0/s1. The number of rotatable bonds is 15. The number of carbonyl (C=O) groups excluding carboxylic acids is 6. The van der Waals surface area contributed by atoms with Crippen molar-refractivity contribution in [3.05, 3.63) is 0 Å². The van der Waals surface area contributed by atoms with Crippen LogP contribution >= 0.6 is 0 Å². The van der Waals surface area contributed by atoms with E-state index in [2.05, 4.69) is 21.3 Å². The van der Waals surface area contributed by atoms with E-state index >= 15 is 0 Å². The predicted molar refractivity (Wildman–Crippen MR) is 160 cm³/mol. The highest BCUT2D eigenvalue weighted by atomic mass is 16.7. The molecule has 19 heteroatoms. The van der Waals surface area contributed by atoms with Crippen LogP contribution in [-0.2, 0) is 47.7 Å². The molecule has 48 heavy (non-hydrogen) atoms. The van der Waals surface area contributed by atoms with E-state index in [-0.39, 0.29) is 51.2 Å². The van der Waals surface area contributed by atoms with Crippen molar-refractivity contribution in [3.8, 4) is 0 Å². The molecule has 0 radical (unpaired) electrons. The molecule has 0 spiro atoms. The molecule has 19 nitrogen and oxygen atoms in total. The van der Waals surface area contributed by atoms with Gasteiger partial charge >= 0.3 is 0 Å². The summed E-state index contributed by atoms with van der Waals surface area (Å²) in [6.07, 6.45) is -12.6. The Morgan fingerprint density at radius 2 is 1.67 bits per heavy atom. The molecule has 0 aromatic carbocycles. The topological polar surface area (TPSA) is 272 Å². The highest BCUT2D eigenvalue weighted by molar-refractivity contribution is 6.05. The lowest BCUT2D eigenvalue weighted by atomic mass is 9.92. The first-order chi connectivity index (χ1) is 22.7. The van der Waals surface area contributed by atoms with Gasteiger partial charge in [-0.3, -0.25) is 33.7 Å². The number of amides is 6. The van der Waals surface area contributed by atoms with Gasteiger partial charge in [-0.25, -0.2) is 0 Å². The van der Waals surface area contributed by atoms with E-state index in [1.807, 2.05) is 0 Å². The van der Waals surface area contributed by atoms with E-state index in [9.17, 15) is 49.2 Å². The SMILES string of the molecule is CNC(=O)CC1CC(=O)N(CCC(=O)NCCCNC(=O)C2O[C@@H](O[C@@H]3C(NC(C)=O)[C@H](C)OC(CO)[C@H]3O)C(O)[C@@H](O)[C@@H]2OC)C1=O. The molecular weight excluding hydrogens is 642 g/mol. The third kappa shape index (κ3) is 9.65. The van der Waals surface area contributed by atoms with Crippen molar-refractivity contribution in [1.29, 1.82) is 0 Å². The Morgan fingerprint density at radius 1 is 0.979 bits per heavy atom. The van der Waals surface area contributed by atoms with Crippen molar-refractivity contribution in [1.82, 2.24) is 26.2 Å². The summed E-state index contributed by atoms with van der Waals surface area (Å²) in [5, 5.41) is 52.2. The van der Waals surface area contributed by atoms with Crippen LogP contribution in [0.1, 0.15) is 39.5 Å². The molecule has 5 unspecified atom stereocenters. The second-order valence-corrected chi connectivity index (χ2v) is 11.9. The van der Waals surface area contributed by atoms with Crippen LogP contribution in [0.5, 0.6) is 0 Å². The summed E-state index contributed by atoms with van der Waals surface area (Å²) in [4.78, 5) is 74.4. The van der Waals surface area contributed by atoms with Crippen LogP contribution in [-0.4, -0.2) is 162 Å². The lowest BCUT2D eigenvalue weighted by Gasteiger charge is -2.47. The van der Waals surface area contributed by atoms with E-state index in [0.717, 1.165) is 4.90 Å². The Balaban J connectivity index is 1.50. The fourth-order valence-corrected chi connectivity index (χ4v) is 5.86. The number of hydrogen-bond acceptors (Lipinski definition) is 14. The molecule has 0 aromatic heterocycles. The average molecular weight is 690 g/mol. The van der Waals surface area contributed by atoms with E-state index in [0.29, 0.717) is 0 Å². The largest absolute Gasteiger partial charge is 0.394 e. The molecule has 8 N–H and O–H groups in total. The predicted octanol–water partition coefficient (Wildman–Crippen LogP) is -5.00. The monoisotopic (exact) mass is 689 g/mol. The first-order valence-electron chi connectivity index (χ1n) is 15.7. The Labute approximate surface area is 276 Å². The number of carbonyl (C=O) groups is 6. The van der Waals surface area contributed by atoms with Gasteiger partial charge in [0.2, 0.25) is 29.5 Å². The molecule has 11 atom stereocenters. The minimum atomic E-state index is -1.74. The molecule has 0 saturated carbocycles. The van der Waals surface area contributed by atoms with Crippen LogP contribution in [0.25, 0.3) is 0 Å². The maximum Gasteiger partial charge on any atom is 0.252 e. The second-order valence-electron chi connectivity index (χ2n) is 11.9. The van der Waals surface area contributed by atoms with Gasteiger partial charge in [0, 0.05) is 60.0 Å². The van der Waals surface area contributed by atoms with Gasteiger partial charge in [-0.1, -0.05) is 0 Å². The number of nitrogens with zero attached hydrogens (tertiary/aromatic N) is 1. The van der Waals surface area contributed by atoms with E-state index in [1.54, 1.807) is 6.92 Å². The molecule has 0 aromatic rings. The smallest absolute Gasteiger partial charge is 0.252 e. The molecule has 3 aliphatic heterocycles. The number of methoxy groups -OCH3 is 1. The summed E-state index contributed by atoms with van der Waals surface area (Å²) < 4.78 is 22.4. The fourth-order valence-electron chi connectivity index (χ4n) is 5.86. The van der Waals surface area contributed by atoms with Crippen LogP contribution < -0.4 is 21.3 Å². The van der Waals surface area contributed by atoms with Gasteiger partial charge in [-0.05, 0) is 13.3 Å². The maximum atomic E-state index is 13.1. The third-order valence-corrected chi connectivity index (χ3v) is 8.47. The van der Waals surface area contributed by atoms with Crippen molar-refractivity contribution in [2.75, 3.05) is 40.4 Å². The highest BCUT2D eigenvalue weighted by Gasteiger charge is 2.52. The van der Waals surface area contributed by atoms with E-state index in [4.69, 9.17) is 18.9 Å². The quantitative estimate of drug-likeness (QED) is 0.0591. The number of nitrogens with one attached hydrogen (secondary N) is 4. The first kappa shape index (κ1) is 39.1. The number of ether oxygens (including phenoxy) is 4. The van der Waals surface area contributed by atoms with Crippen molar-refractivity contribution in [2.45, 2.75) is 101 Å². The molecule has 272 valence electrons. The number of imide groups is 1. The zero-order valence-corrected chi connectivity index (χ0v) is 27.3. The third-order valence-electron chi connectivity index (χ3n) is 8.47. The van der Waals surface area contributed by atoms with Gasteiger partial charge in [-0.15, -0.1) is 0 Å². The lowest BCUT2D eigenvalue weighted by molar-refractivity contribution is -0.325. The number of aliphatic hydroxyl groups is 4. The molecule has 3 rings (SSSR count). The number of aliphatic hydroxyl groups excluding tert-OH is 4. The Hall–Kier alpha value is -3.30. The van der Waals surface area contributed by atoms with Crippen molar-refractivity contribution < 1.29 is 68.1 Å². The van der Waals surface area contributed by atoms with Crippen LogP contribution in [0.15, 0.2) is 0 Å². The summed E-state index contributed by atoms with van der Waals surface area (Å²) in [6.45, 7) is 2.29. The molecular formula is C29H47N5O14. The van der Waals surface area contributed by atoms with E-state index in [1.165, 1.54) is 21.1 Å². The molecule has 3 saturated heterocycles. The van der Waals surface area contributed by atoms with Crippen molar-refractivity contribution in [2.24, 2.45) is 5.92 Å². The van der Waals surface area contributed by atoms with Gasteiger partial charge in [-0.2, -0.15) is 0 Å². The van der Waals surface area contributed by atoms with Crippen LogP contribution in [0.2, 0.25) is 0 Å². The van der Waals surface area contributed by atoms with Gasteiger partial charge in [0.05, 0.1) is 24.7 Å². The summed E-state index contributed by atoms with van der Waals surface area (Å²) in [7, 11) is 2.63. The molecule has 3 fully saturated rings. The zero-order valence-electron chi connectivity index (χ0n) is 27.3. The Bertz CT molecular complexity index is 1180. The van der Waals surface area contributed by atoms with E-state index < -0.39 is 103 Å². The Morgan fingerprint density at radius 3 is 2.29 bits per heavy atom. The van der Waals surface area contributed by atoms with Gasteiger partial charge in [0.1, 0.15) is 36.6 Å². The summed E-state index contributed by atoms with van der Waals surface area (Å²) in [5.74, 6) is -3.70. The normalized spacial score (nSPS) is 33.7. The van der Waals surface area contributed by atoms with Crippen LogP contribution in [0.4, 0.5) is 0 Å². The van der Waals surface area contributed by atoms with Crippen LogP contribution in [0, 0.1) is 5.92 Å². The summed E-state index contributed by atoms with van der Waals surface area (Å²) >= 11 is 0. The maximum absolute atomic E-state index is 13.1. The van der Waals surface area contributed by atoms with Crippen LogP contribution in [0.3, 0.4) is 0 Å². The van der Waals surface area contributed by atoms with Gasteiger partial charge in [0.25, 0.3) is 5.91 Å². The fraction of sp³-hybridized carbons (Fsp3) is 0.793. The summed E-state index contributed by atoms with van der Waals surface area (Å²) in [5.41, 5.74) is 0. The van der Waals surface area contributed by atoms with Crippen molar-refractivity contribution in [3.63, 3.8) is 0 Å². The molecule has 6 amide bonds. The average Bonchev–Trinajstić information content (AvgIpc) is 3.31. The first-order valence-corrected chi connectivity index (χ1v) is 15.7. The molecule has 3 heterocycles. The number of hydrogen-bond donors (Lipinski definition) is 8. The molecule has 0 aliphatic carbocycles. The highest BCUT2D eigenvalue weighted by Crippen LogP contribution is 2.30.